The molecule has 0 fully saturated rings. The van der Waals surface area contributed by atoms with E-state index in [4.69, 9.17) is 9.47 Å². The summed E-state index contributed by atoms with van der Waals surface area (Å²) in [6, 6.07) is 38.1. The Morgan fingerprint density at radius 2 is 0.821 bits per heavy atom. The third-order valence-corrected chi connectivity index (χ3v) is 5.52. The van der Waals surface area contributed by atoms with Crippen LogP contribution in [-0.2, 0) is 19.1 Å². The van der Waals surface area contributed by atoms with E-state index < -0.39 is 18.4 Å². The lowest BCUT2D eigenvalue weighted by molar-refractivity contribution is -0.146. The van der Waals surface area contributed by atoms with Crippen LogP contribution in [0.5, 0.6) is 0 Å². The molecule has 192 valence electrons. The van der Waals surface area contributed by atoms with Gasteiger partial charge >= 0.3 is 11.9 Å². The minimum Gasteiger partial charge on any atom is -0.425 e. The van der Waals surface area contributed by atoms with Crippen LogP contribution in [0, 0.1) is 0 Å². The molecule has 4 heteroatoms. The molecule has 39 heavy (non-hydrogen) atoms. The molecule has 0 radical (unpaired) electrons. The van der Waals surface area contributed by atoms with E-state index in [1.54, 1.807) is 24.3 Å². The van der Waals surface area contributed by atoms with Crippen LogP contribution in [0.15, 0.2) is 146 Å². The molecule has 0 heterocycles. The second-order valence-corrected chi connectivity index (χ2v) is 8.46. The van der Waals surface area contributed by atoms with Crippen LogP contribution in [-0.4, -0.2) is 11.9 Å². The van der Waals surface area contributed by atoms with Gasteiger partial charge in [0.25, 0.3) is 0 Å². The number of ether oxygens (including phenoxy) is 2. The van der Waals surface area contributed by atoms with E-state index in [1.807, 2.05) is 133 Å². The smallest absolute Gasteiger partial charge is 0.322 e. The normalized spacial score (nSPS) is 12.0. The third kappa shape index (κ3) is 8.99. The summed E-state index contributed by atoms with van der Waals surface area (Å²) in [5, 5.41) is 0. The topological polar surface area (TPSA) is 52.6 Å². The molecular formula is C35H28O4. The highest BCUT2D eigenvalue weighted by atomic mass is 16.6. The molecule has 4 aromatic carbocycles. The van der Waals surface area contributed by atoms with Crippen molar-refractivity contribution in [3.05, 3.63) is 168 Å². The minimum absolute atomic E-state index is 0.338. The predicted molar refractivity (Wildman–Crippen MR) is 157 cm³/mol. The SMILES string of the molecule is O=C(CC(=O)OC(=CC=Cc1ccccc1)c1ccccc1)OC(=CC=Cc1ccccc1)c1ccccc1. The Kier molecular flexibility index (Phi) is 9.98. The first-order chi connectivity index (χ1) is 19.2. The van der Waals surface area contributed by atoms with Gasteiger partial charge in [-0.3, -0.25) is 9.59 Å². The van der Waals surface area contributed by atoms with Crippen LogP contribution in [0.4, 0.5) is 0 Å². The van der Waals surface area contributed by atoms with E-state index in [0.717, 1.165) is 11.1 Å². The van der Waals surface area contributed by atoms with Gasteiger partial charge in [0.2, 0.25) is 0 Å². The van der Waals surface area contributed by atoms with Gasteiger partial charge in [-0.15, -0.1) is 0 Å². The summed E-state index contributed by atoms with van der Waals surface area (Å²) in [7, 11) is 0. The Bertz CT molecular complexity index is 1350. The number of rotatable bonds is 10. The van der Waals surface area contributed by atoms with Crippen LogP contribution in [0.1, 0.15) is 28.7 Å². The molecule has 0 aliphatic rings. The fraction of sp³-hybridized carbons (Fsp3) is 0.0286. The molecule has 0 aromatic heterocycles. The van der Waals surface area contributed by atoms with Crippen molar-refractivity contribution in [1.29, 1.82) is 0 Å². The number of carbonyl (C=O) groups is 2. The molecular weight excluding hydrogens is 484 g/mol. The summed E-state index contributed by atoms with van der Waals surface area (Å²) in [6.45, 7) is 0. The summed E-state index contributed by atoms with van der Waals surface area (Å²) in [5.74, 6) is -0.749. The van der Waals surface area contributed by atoms with Gasteiger partial charge < -0.3 is 9.47 Å². The van der Waals surface area contributed by atoms with Crippen molar-refractivity contribution in [2.75, 3.05) is 0 Å². The molecule has 4 nitrogen and oxygen atoms in total. The van der Waals surface area contributed by atoms with Gasteiger partial charge in [-0.2, -0.15) is 0 Å². The molecule has 0 bridgehead atoms. The van der Waals surface area contributed by atoms with Crippen LogP contribution in [0.25, 0.3) is 23.7 Å². The average molecular weight is 513 g/mol. The van der Waals surface area contributed by atoms with Crippen molar-refractivity contribution in [2.24, 2.45) is 0 Å². The molecule has 0 saturated heterocycles. The molecule has 4 aromatic rings. The lowest BCUT2D eigenvalue weighted by Gasteiger charge is -2.10. The van der Waals surface area contributed by atoms with Crippen LogP contribution >= 0.6 is 0 Å². The van der Waals surface area contributed by atoms with Crippen molar-refractivity contribution >= 4 is 35.6 Å². The van der Waals surface area contributed by atoms with Crippen molar-refractivity contribution in [2.45, 2.75) is 6.42 Å². The maximum Gasteiger partial charge on any atom is 0.322 e. The maximum atomic E-state index is 12.8. The fourth-order valence-corrected chi connectivity index (χ4v) is 3.64. The Balaban J connectivity index is 1.45. The predicted octanol–water partition coefficient (Wildman–Crippen LogP) is 7.97. The molecule has 0 N–H and O–H groups in total. The number of hydrogen-bond donors (Lipinski definition) is 0. The van der Waals surface area contributed by atoms with Crippen molar-refractivity contribution < 1.29 is 19.1 Å². The Labute approximate surface area is 228 Å². The van der Waals surface area contributed by atoms with Gasteiger partial charge in [-0.25, -0.2) is 0 Å². The quantitative estimate of drug-likeness (QED) is 0.0936. The first-order valence-corrected chi connectivity index (χ1v) is 12.6. The molecule has 0 aliphatic carbocycles. The lowest BCUT2D eigenvalue weighted by atomic mass is 10.1. The summed E-state index contributed by atoms with van der Waals surface area (Å²) < 4.78 is 11.2. The van der Waals surface area contributed by atoms with Gasteiger partial charge in [0.05, 0.1) is 0 Å². The molecule has 0 unspecified atom stereocenters. The summed E-state index contributed by atoms with van der Waals surface area (Å²) in [5.41, 5.74) is 3.45. The molecule has 0 aliphatic heterocycles. The standard InChI is InChI=1S/C35H28O4/c36-34(38-32(30-21-9-3-10-22-30)25-13-19-28-15-5-1-6-16-28)27-35(37)39-33(31-23-11-4-12-24-31)26-14-20-29-17-7-2-8-18-29/h1-26H,27H2. The monoisotopic (exact) mass is 512 g/mol. The summed E-state index contributed by atoms with van der Waals surface area (Å²) in [6.07, 6.45) is 10.3. The molecule has 4 rings (SSSR count). The highest BCUT2D eigenvalue weighted by Gasteiger charge is 2.17. The minimum atomic E-state index is -0.713. The molecule has 0 spiro atoms. The van der Waals surface area contributed by atoms with Gasteiger partial charge in [0, 0.05) is 11.1 Å². The maximum absolute atomic E-state index is 12.8. The Morgan fingerprint density at radius 3 is 1.18 bits per heavy atom. The number of carbonyl (C=O) groups excluding carboxylic acids is 2. The van der Waals surface area contributed by atoms with Gasteiger partial charge in [-0.1, -0.05) is 146 Å². The van der Waals surface area contributed by atoms with E-state index in [1.165, 1.54) is 0 Å². The Hall–Kier alpha value is -5.22. The van der Waals surface area contributed by atoms with E-state index >= 15 is 0 Å². The summed E-state index contributed by atoms with van der Waals surface area (Å²) in [4.78, 5) is 25.5. The van der Waals surface area contributed by atoms with Crippen LogP contribution in [0.3, 0.4) is 0 Å². The number of allylic oxidation sites excluding steroid dienone is 4. The zero-order valence-corrected chi connectivity index (χ0v) is 21.4. The average Bonchev–Trinajstić information content (AvgIpc) is 2.98. The molecule has 0 atom stereocenters. The van der Waals surface area contributed by atoms with E-state index in [0.29, 0.717) is 22.6 Å². The van der Waals surface area contributed by atoms with Gasteiger partial charge in [0.15, 0.2) is 0 Å². The van der Waals surface area contributed by atoms with Gasteiger partial charge in [-0.05, 0) is 23.3 Å². The van der Waals surface area contributed by atoms with Gasteiger partial charge in [0.1, 0.15) is 17.9 Å². The lowest BCUT2D eigenvalue weighted by Crippen LogP contribution is -2.13. The zero-order chi connectivity index (χ0) is 27.1. The first kappa shape index (κ1) is 26.8. The summed E-state index contributed by atoms with van der Waals surface area (Å²) >= 11 is 0. The zero-order valence-electron chi connectivity index (χ0n) is 21.4. The fourth-order valence-electron chi connectivity index (χ4n) is 3.64. The van der Waals surface area contributed by atoms with Crippen molar-refractivity contribution in [3.8, 4) is 0 Å². The number of esters is 2. The van der Waals surface area contributed by atoms with E-state index in [9.17, 15) is 9.59 Å². The second-order valence-electron chi connectivity index (χ2n) is 8.46. The van der Waals surface area contributed by atoms with Crippen molar-refractivity contribution in [3.63, 3.8) is 0 Å². The second kappa shape index (κ2) is 14.5. The Morgan fingerprint density at radius 1 is 0.487 bits per heavy atom. The number of hydrogen-bond acceptors (Lipinski definition) is 4. The largest absolute Gasteiger partial charge is 0.425 e. The first-order valence-electron chi connectivity index (χ1n) is 12.6. The van der Waals surface area contributed by atoms with E-state index in [-0.39, 0.29) is 0 Å². The van der Waals surface area contributed by atoms with Crippen molar-refractivity contribution in [1.82, 2.24) is 0 Å². The van der Waals surface area contributed by atoms with Crippen LogP contribution < -0.4 is 0 Å². The van der Waals surface area contributed by atoms with Crippen LogP contribution in [0.2, 0.25) is 0 Å². The third-order valence-electron chi connectivity index (χ3n) is 5.52. The highest BCUT2D eigenvalue weighted by Crippen LogP contribution is 2.20. The molecule has 0 saturated carbocycles. The molecule has 0 amide bonds. The highest BCUT2D eigenvalue weighted by molar-refractivity contribution is 5.95. The number of benzene rings is 4. The van der Waals surface area contributed by atoms with E-state index in [2.05, 4.69) is 0 Å².